The van der Waals surface area contributed by atoms with Crippen molar-refractivity contribution in [1.82, 2.24) is 0 Å². The Hall–Kier alpha value is 0.137. The standard InChI is InChI=1S/C10H20O2Si/c1-3-10(13-11-2)7-4-5-8-9(6-7)12-8/h7-10H,3-6,13H2,1-2H3. The van der Waals surface area contributed by atoms with Crippen molar-refractivity contribution in [2.75, 3.05) is 7.11 Å². The highest BCUT2D eigenvalue weighted by Gasteiger charge is 2.45. The van der Waals surface area contributed by atoms with Gasteiger partial charge in [0.15, 0.2) is 9.76 Å². The van der Waals surface area contributed by atoms with Gasteiger partial charge in [-0.3, -0.25) is 0 Å². The fourth-order valence-corrected chi connectivity index (χ4v) is 4.03. The van der Waals surface area contributed by atoms with Gasteiger partial charge in [-0.05, 0) is 30.7 Å². The minimum atomic E-state index is -0.269. The smallest absolute Gasteiger partial charge is 0.164 e. The third-order valence-electron chi connectivity index (χ3n) is 3.62. The highest BCUT2D eigenvalue weighted by molar-refractivity contribution is 6.29. The summed E-state index contributed by atoms with van der Waals surface area (Å²) in [6.07, 6.45) is 6.61. The van der Waals surface area contributed by atoms with E-state index in [-0.39, 0.29) is 9.76 Å². The number of hydrogen-bond acceptors (Lipinski definition) is 2. The molecule has 0 aromatic heterocycles. The summed E-state index contributed by atoms with van der Waals surface area (Å²) < 4.78 is 11.0. The molecular weight excluding hydrogens is 180 g/mol. The molecule has 0 radical (unpaired) electrons. The van der Waals surface area contributed by atoms with Gasteiger partial charge >= 0.3 is 0 Å². The zero-order valence-electron chi connectivity index (χ0n) is 8.66. The van der Waals surface area contributed by atoms with Gasteiger partial charge in [0.1, 0.15) is 0 Å². The number of epoxide rings is 1. The molecule has 76 valence electrons. The molecule has 0 amide bonds. The van der Waals surface area contributed by atoms with Crippen LogP contribution in [0.2, 0.25) is 5.54 Å². The second kappa shape index (κ2) is 4.11. The van der Waals surface area contributed by atoms with Crippen LogP contribution in [0.5, 0.6) is 0 Å². The van der Waals surface area contributed by atoms with Crippen molar-refractivity contribution in [2.24, 2.45) is 5.92 Å². The summed E-state index contributed by atoms with van der Waals surface area (Å²) in [7, 11) is 1.60. The Morgan fingerprint density at radius 1 is 1.46 bits per heavy atom. The van der Waals surface area contributed by atoms with Crippen LogP contribution in [0.4, 0.5) is 0 Å². The summed E-state index contributed by atoms with van der Waals surface area (Å²) in [6.45, 7) is 2.30. The highest BCUT2D eigenvalue weighted by Crippen LogP contribution is 2.44. The van der Waals surface area contributed by atoms with Crippen LogP contribution in [0.1, 0.15) is 32.6 Å². The van der Waals surface area contributed by atoms with E-state index in [1.807, 2.05) is 7.11 Å². The predicted molar refractivity (Wildman–Crippen MR) is 55.6 cm³/mol. The van der Waals surface area contributed by atoms with Gasteiger partial charge in [0.05, 0.1) is 12.2 Å². The van der Waals surface area contributed by atoms with Crippen molar-refractivity contribution in [3.63, 3.8) is 0 Å². The monoisotopic (exact) mass is 200 g/mol. The maximum atomic E-state index is 5.56. The molecule has 1 saturated heterocycles. The van der Waals surface area contributed by atoms with Crippen molar-refractivity contribution < 1.29 is 9.16 Å². The normalized spacial score (nSPS) is 40.6. The molecule has 2 fully saturated rings. The van der Waals surface area contributed by atoms with E-state index in [9.17, 15) is 0 Å². The first-order valence-electron chi connectivity index (χ1n) is 5.49. The van der Waals surface area contributed by atoms with Gasteiger partial charge in [0.2, 0.25) is 0 Å². The largest absolute Gasteiger partial charge is 0.427 e. The van der Waals surface area contributed by atoms with E-state index in [4.69, 9.17) is 9.16 Å². The SMILES string of the molecule is CCC([SiH2]OC)C1CCC2OC2C1. The highest BCUT2D eigenvalue weighted by atomic mass is 28.2. The average molecular weight is 200 g/mol. The quantitative estimate of drug-likeness (QED) is 0.506. The lowest BCUT2D eigenvalue weighted by atomic mass is 9.86. The lowest BCUT2D eigenvalue weighted by Gasteiger charge is -2.26. The molecule has 2 nitrogen and oxygen atoms in total. The molecule has 13 heavy (non-hydrogen) atoms. The van der Waals surface area contributed by atoms with Crippen LogP contribution in [0, 0.1) is 5.92 Å². The Morgan fingerprint density at radius 3 is 2.92 bits per heavy atom. The zero-order valence-corrected chi connectivity index (χ0v) is 10.1. The number of fused-ring (bicyclic) bond motifs is 1. The molecule has 4 atom stereocenters. The molecule has 0 N–H and O–H groups in total. The summed E-state index contributed by atoms with van der Waals surface area (Å²) in [5.74, 6) is 0.917. The Balaban J connectivity index is 1.82. The maximum Gasteiger partial charge on any atom is 0.164 e. The van der Waals surface area contributed by atoms with Crippen LogP contribution in [-0.4, -0.2) is 29.1 Å². The molecule has 0 spiro atoms. The summed E-state index contributed by atoms with van der Waals surface area (Å²) in [4.78, 5) is 0. The van der Waals surface area contributed by atoms with Crippen LogP contribution in [0.3, 0.4) is 0 Å². The van der Waals surface area contributed by atoms with E-state index in [1.54, 1.807) is 0 Å². The first-order valence-corrected chi connectivity index (χ1v) is 6.89. The zero-order chi connectivity index (χ0) is 9.26. The Morgan fingerprint density at radius 2 is 2.31 bits per heavy atom. The number of hydrogen-bond donors (Lipinski definition) is 0. The van der Waals surface area contributed by atoms with Crippen molar-refractivity contribution in [3.05, 3.63) is 0 Å². The Bertz CT molecular complexity index is 174. The lowest BCUT2D eigenvalue weighted by Crippen LogP contribution is -2.22. The third kappa shape index (κ3) is 2.14. The van der Waals surface area contributed by atoms with Crippen molar-refractivity contribution in [3.8, 4) is 0 Å². The Labute approximate surface area is 82.9 Å². The van der Waals surface area contributed by atoms with Gasteiger partial charge in [-0.15, -0.1) is 0 Å². The second-order valence-electron chi connectivity index (χ2n) is 4.41. The van der Waals surface area contributed by atoms with Gasteiger partial charge in [-0.2, -0.15) is 0 Å². The topological polar surface area (TPSA) is 21.8 Å². The second-order valence-corrected chi connectivity index (χ2v) is 6.37. The molecular formula is C10H20O2Si. The average Bonchev–Trinajstić information content (AvgIpc) is 2.91. The van der Waals surface area contributed by atoms with E-state index >= 15 is 0 Å². The van der Waals surface area contributed by atoms with Crippen molar-refractivity contribution in [1.29, 1.82) is 0 Å². The lowest BCUT2D eigenvalue weighted by molar-refractivity contribution is 0.329. The van der Waals surface area contributed by atoms with Gasteiger partial charge in [-0.25, -0.2) is 0 Å². The first-order chi connectivity index (χ1) is 6.35. The molecule has 4 unspecified atom stereocenters. The van der Waals surface area contributed by atoms with Crippen LogP contribution < -0.4 is 0 Å². The molecule has 0 aromatic carbocycles. The predicted octanol–water partition coefficient (Wildman–Crippen LogP) is 1.48. The van der Waals surface area contributed by atoms with Gasteiger partial charge in [0.25, 0.3) is 0 Å². The summed E-state index contributed by atoms with van der Waals surface area (Å²) >= 11 is 0. The van der Waals surface area contributed by atoms with Gasteiger partial charge < -0.3 is 9.16 Å². The molecule has 1 heterocycles. The fraction of sp³-hybridized carbons (Fsp3) is 1.00. The van der Waals surface area contributed by atoms with Gasteiger partial charge in [-0.1, -0.05) is 13.3 Å². The van der Waals surface area contributed by atoms with Crippen molar-refractivity contribution in [2.45, 2.75) is 50.4 Å². The van der Waals surface area contributed by atoms with Crippen molar-refractivity contribution >= 4 is 9.76 Å². The summed E-state index contributed by atoms with van der Waals surface area (Å²) in [5, 5.41) is 0. The van der Waals surface area contributed by atoms with Gasteiger partial charge in [0, 0.05) is 7.11 Å². The minimum Gasteiger partial charge on any atom is -0.427 e. The molecule has 1 aliphatic heterocycles. The summed E-state index contributed by atoms with van der Waals surface area (Å²) in [5.41, 5.74) is 0.898. The first kappa shape index (κ1) is 9.68. The van der Waals surface area contributed by atoms with E-state index < -0.39 is 0 Å². The molecule has 1 aliphatic carbocycles. The van der Waals surface area contributed by atoms with Crippen LogP contribution in [-0.2, 0) is 9.16 Å². The molecule has 3 heteroatoms. The molecule has 2 aliphatic rings. The fourth-order valence-electron chi connectivity index (χ4n) is 2.66. The molecule has 1 saturated carbocycles. The van der Waals surface area contributed by atoms with E-state index in [1.165, 1.54) is 25.7 Å². The molecule has 0 bridgehead atoms. The minimum absolute atomic E-state index is 0.269. The third-order valence-corrected chi connectivity index (χ3v) is 5.62. The number of rotatable bonds is 4. The van der Waals surface area contributed by atoms with E-state index in [2.05, 4.69) is 6.92 Å². The van der Waals surface area contributed by atoms with Crippen LogP contribution in [0.15, 0.2) is 0 Å². The summed E-state index contributed by atoms with van der Waals surface area (Å²) in [6, 6.07) is 0. The van der Waals surface area contributed by atoms with Crippen LogP contribution >= 0.6 is 0 Å². The maximum absolute atomic E-state index is 5.56. The number of ether oxygens (including phenoxy) is 1. The molecule has 2 rings (SSSR count). The molecule has 0 aromatic rings. The van der Waals surface area contributed by atoms with E-state index in [0.29, 0.717) is 12.2 Å². The van der Waals surface area contributed by atoms with Crippen LogP contribution in [0.25, 0.3) is 0 Å². The van der Waals surface area contributed by atoms with E-state index in [0.717, 1.165) is 11.5 Å². The Kier molecular flexibility index (Phi) is 3.06.